The van der Waals surface area contributed by atoms with Gasteiger partial charge in [-0.1, -0.05) is 17.7 Å². The van der Waals surface area contributed by atoms with Crippen molar-refractivity contribution in [2.45, 2.75) is 6.92 Å². The highest BCUT2D eigenvalue weighted by Crippen LogP contribution is 2.31. The molecule has 7 heteroatoms. The topological polar surface area (TPSA) is 47.0 Å². The van der Waals surface area contributed by atoms with E-state index in [1.165, 1.54) is 18.3 Å². The lowest BCUT2D eigenvalue weighted by atomic mass is 10.3. The molecule has 0 aliphatic heterocycles. The first-order chi connectivity index (χ1) is 9.11. The molecule has 1 aromatic heterocycles. The van der Waals surface area contributed by atoms with Crippen molar-refractivity contribution in [3.63, 3.8) is 0 Å². The molecule has 2 rings (SSSR count). The first kappa shape index (κ1) is 14.0. The van der Waals surface area contributed by atoms with Gasteiger partial charge in [0.25, 0.3) is 0 Å². The van der Waals surface area contributed by atoms with Crippen molar-refractivity contribution in [1.29, 1.82) is 0 Å². The normalized spacial score (nSPS) is 10.3. The molecule has 0 fully saturated rings. The molecule has 19 heavy (non-hydrogen) atoms. The Morgan fingerprint density at radius 3 is 3.00 bits per heavy atom. The van der Waals surface area contributed by atoms with E-state index in [1.54, 1.807) is 6.07 Å². The first-order valence-corrected chi connectivity index (χ1v) is 6.67. The third kappa shape index (κ3) is 3.33. The zero-order chi connectivity index (χ0) is 13.8. The van der Waals surface area contributed by atoms with Gasteiger partial charge in [0, 0.05) is 6.54 Å². The molecule has 2 aromatic rings. The highest BCUT2D eigenvalue weighted by atomic mass is 79.9. The maximum Gasteiger partial charge on any atom is 0.238 e. The molecule has 0 spiro atoms. The molecular formula is C12H10BrClFN3O. The van der Waals surface area contributed by atoms with Gasteiger partial charge >= 0.3 is 0 Å². The van der Waals surface area contributed by atoms with Crippen molar-refractivity contribution in [2.75, 3.05) is 11.9 Å². The van der Waals surface area contributed by atoms with Crippen LogP contribution in [0.25, 0.3) is 0 Å². The molecule has 0 saturated carbocycles. The minimum absolute atomic E-state index is 0.00501. The van der Waals surface area contributed by atoms with Crippen LogP contribution in [0.4, 0.5) is 10.3 Å². The summed E-state index contributed by atoms with van der Waals surface area (Å²) in [5, 5.41) is 2.94. The van der Waals surface area contributed by atoms with Crippen LogP contribution in [0.15, 0.2) is 28.9 Å². The van der Waals surface area contributed by atoms with Crippen molar-refractivity contribution in [3.8, 4) is 11.6 Å². The van der Waals surface area contributed by atoms with Gasteiger partial charge in [-0.05, 0) is 35.0 Å². The smallest absolute Gasteiger partial charge is 0.238 e. The van der Waals surface area contributed by atoms with Gasteiger partial charge in [-0.15, -0.1) is 0 Å². The van der Waals surface area contributed by atoms with Gasteiger partial charge in [0.2, 0.25) is 11.8 Å². The Hall–Kier alpha value is -1.40. The van der Waals surface area contributed by atoms with Crippen LogP contribution >= 0.6 is 27.5 Å². The molecule has 0 aliphatic carbocycles. The predicted molar refractivity (Wildman–Crippen MR) is 75.4 cm³/mol. The Labute approximate surface area is 123 Å². The molecule has 4 nitrogen and oxygen atoms in total. The van der Waals surface area contributed by atoms with Crippen LogP contribution in [0.2, 0.25) is 5.02 Å². The number of nitrogens with one attached hydrogen (secondary N) is 1. The van der Waals surface area contributed by atoms with Crippen LogP contribution in [-0.4, -0.2) is 16.5 Å². The molecule has 100 valence electrons. The number of aromatic nitrogens is 2. The molecule has 0 saturated heterocycles. The van der Waals surface area contributed by atoms with E-state index in [1.807, 2.05) is 6.92 Å². The van der Waals surface area contributed by atoms with Crippen molar-refractivity contribution < 1.29 is 9.13 Å². The molecular weight excluding hydrogens is 337 g/mol. The average Bonchev–Trinajstić information content (AvgIpc) is 2.39. The molecule has 1 aromatic carbocycles. The van der Waals surface area contributed by atoms with Crippen LogP contribution < -0.4 is 10.1 Å². The Bertz CT molecular complexity index is 597. The van der Waals surface area contributed by atoms with Gasteiger partial charge in [0.1, 0.15) is 0 Å². The van der Waals surface area contributed by atoms with Crippen LogP contribution in [0.1, 0.15) is 6.92 Å². The molecule has 0 amide bonds. The quantitative estimate of drug-likeness (QED) is 0.899. The number of hydrogen-bond acceptors (Lipinski definition) is 4. The summed E-state index contributed by atoms with van der Waals surface area (Å²) in [5.74, 6) is 0.00396. The van der Waals surface area contributed by atoms with E-state index in [-0.39, 0.29) is 16.7 Å². The number of halogens is 3. The third-order valence-electron chi connectivity index (χ3n) is 2.17. The van der Waals surface area contributed by atoms with E-state index >= 15 is 0 Å². The lowest BCUT2D eigenvalue weighted by Crippen LogP contribution is -2.03. The van der Waals surface area contributed by atoms with Crippen LogP contribution in [-0.2, 0) is 0 Å². The van der Waals surface area contributed by atoms with Crippen LogP contribution in [0.3, 0.4) is 0 Å². The summed E-state index contributed by atoms with van der Waals surface area (Å²) in [5.41, 5.74) is 0. The van der Waals surface area contributed by atoms with Gasteiger partial charge in [-0.25, -0.2) is 9.37 Å². The maximum absolute atomic E-state index is 13.7. The lowest BCUT2D eigenvalue weighted by Gasteiger charge is -2.09. The highest BCUT2D eigenvalue weighted by Gasteiger charge is 2.12. The van der Waals surface area contributed by atoms with E-state index in [0.717, 1.165) is 0 Å². The SMILES string of the molecule is CCNc1ncc(Br)c(Oc2cccc(Cl)c2F)n1. The number of rotatable bonds is 4. The summed E-state index contributed by atoms with van der Waals surface area (Å²) >= 11 is 8.94. The summed E-state index contributed by atoms with van der Waals surface area (Å²) < 4.78 is 19.7. The zero-order valence-electron chi connectivity index (χ0n) is 9.95. The molecule has 0 atom stereocenters. The molecule has 1 heterocycles. The average molecular weight is 347 g/mol. The summed E-state index contributed by atoms with van der Waals surface area (Å²) in [4.78, 5) is 8.17. The fourth-order valence-electron chi connectivity index (χ4n) is 1.33. The van der Waals surface area contributed by atoms with Gasteiger partial charge in [0.15, 0.2) is 11.6 Å². The summed E-state index contributed by atoms with van der Waals surface area (Å²) in [7, 11) is 0. The number of hydrogen-bond donors (Lipinski definition) is 1. The number of nitrogens with zero attached hydrogens (tertiary/aromatic N) is 2. The number of benzene rings is 1. The number of anilines is 1. The van der Waals surface area contributed by atoms with Gasteiger partial charge in [-0.3, -0.25) is 0 Å². The second-order valence-corrected chi connectivity index (χ2v) is 4.79. The fraction of sp³-hybridized carbons (Fsp3) is 0.167. The van der Waals surface area contributed by atoms with Crippen molar-refractivity contribution in [2.24, 2.45) is 0 Å². The summed E-state index contributed by atoms with van der Waals surface area (Å²) in [6.07, 6.45) is 1.53. The predicted octanol–water partition coefficient (Wildman–Crippen LogP) is 4.26. The molecule has 1 N–H and O–H groups in total. The number of ether oxygens (including phenoxy) is 1. The Morgan fingerprint density at radius 2 is 2.26 bits per heavy atom. The monoisotopic (exact) mass is 345 g/mol. The summed E-state index contributed by atoms with van der Waals surface area (Å²) in [6, 6.07) is 4.52. The van der Waals surface area contributed by atoms with E-state index < -0.39 is 5.82 Å². The van der Waals surface area contributed by atoms with Crippen LogP contribution in [0, 0.1) is 5.82 Å². The molecule has 0 aliphatic rings. The van der Waals surface area contributed by atoms with Gasteiger partial charge < -0.3 is 10.1 Å². The van der Waals surface area contributed by atoms with E-state index in [4.69, 9.17) is 16.3 Å². The summed E-state index contributed by atoms with van der Waals surface area (Å²) in [6.45, 7) is 2.59. The van der Waals surface area contributed by atoms with Crippen LogP contribution in [0.5, 0.6) is 11.6 Å². The largest absolute Gasteiger partial charge is 0.435 e. The Morgan fingerprint density at radius 1 is 1.47 bits per heavy atom. The molecule has 0 bridgehead atoms. The fourth-order valence-corrected chi connectivity index (χ4v) is 1.77. The minimum Gasteiger partial charge on any atom is -0.435 e. The Kier molecular flexibility index (Phi) is 4.55. The van der Waals surface area contributed by atoms with Crippen molar-refractivity contribution in [1.82, 2.24) is 9.97 Å². The first-order valence-electron chi connectivity index (χ1n) is 5.50. The van der Waals surface area contributed by atoms with Gasteiger partial charge in [-0.2, -0.15) is 4.98 Å². The minimum atomic E-state index is -0.625. The lowest BCUT2D eigenvalue weighted by molar-refractivity contribution is 0.424. The van der Waals surface area contributed by atoms with E-state index in [0.29, 0.717) is 17.0 Å². The third-order valence-corrected chi connectivity index (χ3v) is 3.01. The van der Waals surface area contributed by atoms with Crippen molar-refractivity contribution in [3.05, 3.63) is 39.7 Å². The van der Waals surface area contributed by atoms with Gasteiger partial charge in [0.05, 0.1) is 15.7 Å². The second kappa shape index (κ2) is 6.16. The van der Waals surface area contributed by atoms with E-state index in [9.17, 15) is 4.39 Å². The highest BCUT2D eigenvalue weighted by molar-refractivity contribution is 9.10. The maximum atomic E-state index is 13.7. The second-order valence-electron chi connectivity index (χ2n) is 3.53. The zero-order valence-corrected chi connectivity index (χ0v) is 12.3. The molecule has 0 unspecified atom stereocenters. The van der Waals surface area contributed by atoms with Crippen molar-refractivity contribution >= 4 is 33.5 Å². The standard InChI is InChI=1S/C12H10BrClFN3O/c1-2-16-12-17-6-7(13)11(18-12)19-9-5-3-4-8(14)10(9)15/h3-6H,2H2,1H3,(H,16,17,18). The molecule has 0 radical (unpaired) electrons. The Balaban J connectivity index is 2.32. The van der Waals surface area contributed by atoms with E-state index in [2.05, 4.69) is 31.2 Å².